The van der Waals surface area contributed by atoms with E-state index in [0.717, 1.165) is 36.7 Å². The highest BCUT2D eigenvalue weighted by atomic mass is 16.5. The zero-order valence-corrected chi connectivity index (χ0v) is 11.4. The summed E-state index contributed by atoms with van der Waals surface area (Å²) in [4.78, 5) is 10.5. The van der Waals surface area contributed by atoms with Crippen LogP contribution >= 0.6 is 0 Å². The van der Waals surface area contributed by atoms with Gasteiger partial charge in [0.1, 0.15) is 5.75 Å². The van der Waals surface area contributed by atoms with Gasteiger partial charge in [0.2, 0.25) is 0 Å². The van der Waals surface area contributed by atoms with E-state index in [0.29, 0.717) is 12.4 Å². The zero-order valence-electron chi connectivity index (χ0n) is 11.4. The van der Waals surface area contributed by atoms with Crippen LogP contribution in [0.3, 0.4) is 0 Å². The molecule has 0 spiro atoms. The topological polar surface area (TPSA) is 55.8 Å². The minimum atomic E-state index is -0.980. The van der Waals surface area contributed by atoms with E-state index < -0.39 is 5.97 Å². The van der Waals surface area contributed by atoms with Crippen molar-refractivity contribution in [3.63, 3.8) is 0 Å². The number of hydrogen-bond acceptors (Lipinski definition) is 3. The third-order valence-corrected chi connectivity index (χ3v) is 2.61. The van der Waals surface area contributed by atoms with Gasteiger partial charge in [-0.1, -0.05) is 19.4 Å². The SMILES string of the molecule is CCCCOCc1ccc(OC)c(/C=C/C(=O)O)c1. The molecule has 0 bridgehead atoms. The van der Waals surface area contributed by atoms with E-state index in [9.17, 15) is 4.79 Å². The number of carboxylic acids is 1. The van der Waals surface area contributed by atoms with E-state index in [-0.39, 0.29) is 0 Å². The average Bonchev–Trinajstić information content (AvgIpc) is 2.41. The first-order chi connectivity index (χ1) is 9.17. The number of carboxylic acid groups (broad SMARTS) is 1. The first-order valence-electron chi connectivity index (χ1n) is 6.33. The molecule has 4 nitrogen and oxygen atoms in total. The number of benzene rings is 1. The normalized spacial score (nSPS) is 10.8. The molecule has 19 heavy (non-hydrogen) atoms. The highest BCUT2D eigenvalue weighted by Gasteiger charge is 2.02. The minimum Gasteiger partial charge on any atom is -0.496 e. The average molecular weight is 264 g/mol. The van der Waals surface area contributed by atoms with Gasteiger partial charge in [0.25, 0.3) is 0 Å². The van der Waals surface area contributed by atoms with Crippen LogP contribution < -0.4 is 4.74 Å². The van der Waals surface area contributed by atoms with Crippen LogP contribution in [0.4, 0.5) is 0 Å². The number of hydrogen-bond donors (Lipinski definition) is 1. The van der Waals surface area contributed by atoms with Gasteiger partial charge in [-0.05, 0) is 30.2 Å². The Labute approximate surface area is 113 Å². The molecule has 0 radical (unpaired) electrons. The molecular formula is C15H20O4. The molecule has 0 saturated heterocycles. The number of carbonyl (C=O) groups is 1. The quantitative estimate of drug-likeness (QED) is 0.579. The number of rotatable bonds is 8. The second-order valence-corrected chi connectivity index (χ2v) is 4.15. The monoisotopic (exact) mass is 264 g/mol. The van der Waals surface area contributed by atoms with Crippen molar-refractivity contribution in [3.05, 3.63) is 35.4 Å². The van der Waals surface area contributed by atoms with Crippen LogP contribution in [-0.4, -0.2) is 24.8 Å². The van der Waals surface area contributed by atoms with Crippen molar-refractivity contribution in [2.45, 2.75) is 26.4 Å². The molecule has 0 aliphatic rings. The van der Waals surface area contributed by atoms with Crippen LogP contribution in [0.1, 0.15) is 30.9 Å². The third-order valence-electron chi connectivity index (χ3n) is 2.61. The summed E-state index contributed by atoms with van der Waals surface area (Å²) >= 11 is 0. The van der Waals surface area contributed by atoms with Crippen LogP contribution in [0.2, 0.25) is 0 Å². The van der Waals surface area contributed by atoms with Crippen molar-refractivity contribution in [1.82, 2.24) is 0 Å². The Morgan fingerprint density at radius 1 is 1.42 bits per heavy atom. The predicted octanol–water partition coefficient (Wildman–Crippen LogP) is 3.11. The molecule has 1 aromatic carbocycles. The maximum absolute atomic E-state index is 10.5. The molecule has 0 aliphatic heterocycles. The van der Waals surface area contributed by atoms with Gasteiger partial charge < -0.3 is 14.6 Å². The van der Waals surface area contributed by atoms with E-state index in [4.69, 9.17) is 14.6 Å². The molecule has 1 N–H and O–H groups in total. The maximum Gasteiger partial charge on any atom is 0.328 e. The molecule has 0 heterocycles. The smallest absolute Gasteiger partial charge is 0.328 e. The van der Waals surface area contributed by atoms with Gasteiger partial charge in [0.15, 0.2) is 0 Å². The Morgan fingerprint density at radius 2 is 2.21 bits per heavy atom. The lowest BCUT2D eigenvalue weighted by Gasteiger charge is -2.08. The van der Waals surface area contributed by atoms with Crippen molar-refractivity contribution in [2.75, 3.05) is 13.7 Å². The van der Waals surface area contributed by atoms with Crippen LogP contribution in [-0.2, 0) is 16.1 Å². The van der Waals surface area contributed by atoms with Crippen LogP contribution in [0.25, 0.3) is 6.08 Å². The first kappa shape index (κ1) is 15.2. The minimum absolute atomic E-state index is 0.526. The van der Waals surface area contributed by atoms with Gasteiger partial charge in [0.05, 0.1) is 13.7 Å². The Hall–Kier alpha value is -1.81. The molecule has 0 amide bonds. The van der Waals surface area contributed by atoms with Gasteiger partial charge in [-0.25, -0.2) is 4.79 Å². The summed E-state index contributed by atoms with van der Waals surface area (Å²) < 4.78 is 10.7. The third kappa shape index (κ3) is 5.57. The fraction of sp³-hybridized carbons (Fsp3) is 0.400. The van der Waals surface area contributed by atoms with Crippen molar-refractivity contribution in [2.24, 2.45) is 0 Å². The van der Waals surface area contributed by atoms with Gasteiger partial charge >= 0.3 is 5.97 Å². The molecule has 0 atom stereocenters. The Balaban J connectivity index is 2.74. The highest BCUT2D eigenvalue weighted by Crippen LogP contribution is 2.21. The lowest BCUT2D eigenvalue weighted by Crippen LogP contribution is -1.97. The lowest BCUT2D eigenvalue weighted by atomic mass is 10.1. The summed E-state index contributed by atoms with van der Waals surface area (Å²) in [5.41, 5.74) is 1.74. The molecule has 4 heteroatoms. The van der Waals surface area contributed by atoms with Gasteiger partial charge in [-0.15, -0.1) is 0 Å². The predicted molar refractivity (Wildman–Crippen MR) is 74.2 cm³/mol. The summed E-state index contributed by atoms with van der Waals surface area (Å²) in [7, 11) is 1.56. The van der Waals surface area contributed by atoms with Crippen molar-refractivity contribution in [3.8, 4) is 5.75 Å². The summed E-state index contributed by atoms with van der Waals surface area (Å²) in [5, 5.41) is 8.66. The largest absolute Gasteiger partial charge is 0.496 e. The molecule has 1 rings (SSSR count). The summed E-state index contributed by atoms with van der Waals surface area (Å²) in [5.74, 6) is -0.332. The molecule has 104 valence electrons. The van der Waals surface area contributed by atoms with Crippen LogP contribution in [0.15, 0.2) is 24.3 Å². The molecular weight excluding hydrogens is 244 g/mol. The Bertz CT molecular complexity index is 438. The highest BCUT2D eigenvalue weighted by molar-refractivity contribution is 5.85. The fourth-order valence-electron chi connectivity index (χ4n) is 1.60. The van der Waals surface area contributed by atoms with Crippen molar-refractivity contribution >= 4 is 12.0 Å². The van der Waals surface area contributed by atoms with Gasteiger partial charge in [-0.2, -0.15) is 0 Å². The first-order valence-corrected chi connectivity index (χ1v) is 6.33. The van der Waals surface area contributed by atoms with Crippen molar-refractivity contribution in [1.29, 1.82) is 0 Å². The van der Waals surface area contributed by atoms with E-state index in [1.807, 2.05) is 18.2 Å². The van der Waals surface area contributed by atoms with E-state index in [1.165, 1.54) is 6.08 Å². The molecule has 0 saturated carbocycles. The number of ether oxygens (including phenoxy) is 2. The molecule has 0 aliphatic carbocycles. The second kappa shape index (κ2) is 8.32. The second-order valence-electron chi connectivity index (χ2n) is 4.15. The standard InChI is InChI=1S/C15H20O4/c1-3-4-9-19-11-12-5-7-14(18-2)13(10-12)6-8-15(16)17/h5-8,10H,3-4,9,11H2,1-2H3,(H,16,17)/b8-6+. The molecule has 1 aromatic rings. The maximum atomic E-state index is 10.5. The summed E-state index contributed by atoms with van der Waals surface area (Å²) in [6.45, 7) is 3.38. The summed E-state index contributed by atoms with van der Waals surface area (Å²) in [6, 6.07) is 5.62. The van der Waals surface area contributed by atoms with Crippen LogP contribution in [0.5, 0.6) is 5.75 Å². The number of methoxy groups -OCH3 is 1. The zero-order chi connectivity index (χ0) is 14.1. The van der Waals surface area contributed by atoms with E-state index in [1.54, 1.807) is 7.11 Å². The van der Waals surface area contributed by atoms with Gasteiger partial charge in [-0.3, -0.25) is 0 Å². The molecule has 0 unspecified atom stereocenters. The number of aliphatic carboxylic acids is 1. The van der Waals surface area contributed by atoms with Crippen molar-refractivity contribution < 1.29 is 19.4 Å². The Kier molecular flexibility index (Phi) is 6.68. The summed E-state index contributed by atoms with van der Waals surface area (Å²) in [6.07, 6.45) is 4.77. The molecule has 0 aromatic heterocycles. The van der Waals surface area contributed by atoms with E-state index >= 15 is 0 Å². The Morgan fingerprint density at radius 3 is 2.84 bits per heavy atom. The van der Waals surface area contributed by atoms with Crippen LogP contribution in [0, 0.1) is 0 Å². The lowest BCUT2D eigenvalue weighted by molar-refractivity contribution is -0.131. The fourth-order valence-corrected chi connectivity index (χ4v) is 1.60. The van der Waals surface area contributed by atoms with Gasteiger partial charge in [0, 0.05) is 18.2 Å². The molecule has 0 fully saturated rings. The van der Waals surface area contributed by atoms with E-state index in [2.05, 4.69) is 6.92 Å². The number of unbranched alkanes of at least 4 members (excludes halogenated alkanes) is 1.